The van der Waals surface area contributed by atoms with E-state index in [4.69, 9.17) is 0 Å². The van der Waals surface area contributed by atoms with Gasteiger partial charge in [-0.25, -0.2) is 0 Å². The first-order valence-electron chi connectivity index (χ1n) is 6.02. The van der Waals surface area contributed by atoms with Crippen molar-refractivity contribution in [1.82, 2.24) is 4.90 Å². The molecule has 2 nitrogen and oxygen atoms in total. The van der Waals surface area contributed by atoms with Crippen LogP contribution < -0.4 is 0 Å². The summed E-state index contributed by atoms with van der Waals surface area (Å²) < 4.78 is 0. The highest BCUT2D eigenvalue weighted by Gasteiger charge is 2.18. The largest absolute Gasteiger partial charge is 0.326 e. The summed E-state index contributed by atoms with van der Waals surface area (Å²) in [4.78, 5) is 6.67. The van der Waals surface area contributed by atoms with E-state index in [1.807, 2.05) is 25.2 Å². The third kappa shape index (κ3) is 2.47. The molecule has 0 aromatic heterocycles. The van der Waals surface area contributed by atoms with E-state index < -0.39 is 0 Å². The Morgan fingerprint density at radius 2 is 2.00 bits per heavy atom. The number of hydrogen-bond acceptors (Lipinski definition) is 1. The van der Waals surface area contributed by atoms with Gasteiger partial charge in [0.15, 0.2) is 0 Å². The molecule has 0 saturated carbocycles. The third-order valence-corrected chi connectivity index (χ3v) is 2.95. The van der Waals surface area contributed by atoms with Gasteiger partial charge in [0.05, 0.1) is 6.04 Å². The van der Waals surface area contributed by atoms with Gasteiger partial charge in [-0.1, -0.05) is 49.4 Å². The molecule has 0 N–H and O–H groups in total. The summed E-state index contributed by atoms with van der Waals surface area (Å²) in [6.45, 7) is 2.19. The standard InChI is InChI=1S/C15H18N2/c1-3-14-11-7-8-12-17(14)15(16-2)13-9-5-4-6-10-13/h4-12,14H,3H2,1-2H3. The number of rotatable bonds is 2. The van der Waals surface area contributed by atoms with E-state index in [-0.39, 0.29) is 0 Å². The Balaban J connectivity index is 2.31. The fourth-order valence-electron chi connectivity index (χ4n) is 2.08. The molecule has 0 aliphatic carbocycles. The van der Waals surface area contributed by atoms with Crippen LogP contribution in [0.15, 0.2) is 59.8 Å². The molecule has 1 atom stereocenters. The lowest BCUT2D eigenvalue weighted by Gasteiger charge is -2.30. The normalized spacial score (nSPS) is 19.8. The summed E-state index contributed by atoms with van der Waals surface area (Å²) in [5.41, 5.74) is 1.16. The highest BCUT2D eigenvalue weighted by atomic mass is 15.2. The third-order valence-electron chi connectivity index (χ3n) is 2.95. The SMILES string of the molecule is CCC1C=CC=CN1C(=NC)c1ccccc1. The molecule has 2 rings (SSSR count). The van der Waals surface area contributed by atoms with E-state index in [2.05, 4.69) is 53.4 Å². The first-order chi connectivity index (χ1) is 8.36. The van der Waals surface area contributed by atoms with Crippen molar-refractivity contribution in [1.29, 1.82) is 0 Å². The lowest BCUT2D eigenvalue weighted by atomic mass is 10.1. The number of hydrogen-bond donors (Lipinski definition) is 0. The van der Waals surface area contributed by atoms with E-state index in [1.165, 1.54) is 0 Å². The zero-order valence-electron chi connectivity index (χ0n) is 10.4. The van der Waals surface area contributed by atoms with Gasteiger partial charge in [-0.2, -0.15) is 0 Å². The molecule has 1 aliphatic rings. The van der Waals surface area contributed by atoms with Gasteiger partial charge in [0.2, 0.25) is 0 Å². The molecule has 2 heteroatoms. The highest BCUT2D eigenvalue weighted by Crippen LogP contribution is 2.16. The van der Waals surface area contributed by atoms with E-state index in [0.717, 1.165) is 17.8 Å². The molecular formula is C15H18N2. The Bertz CT molecular complexity index is 443. The summed E-state index contributed by atoms with van der Waals surface area (Å²) in [6.07, 6.45) is 9.55. The van der Waals surface area contributed by atoms with Crippen LogP contribution in [0.1, 0.15) is 18.9 Å². The van der Waals surface area contributed by atoms with Crippen LogP contribution in [0.3, 0.4) is 0 Å². The Labute approximate surface area is 103 Å². The Morgan fingerprint density at radius 3 is 2.65 bits per heavy atom. The molecule has 1 aromatic rings. The lowest BCUT2D eigenvalue weighted by molar-refractivity contribution is 0.450. The van der Waals surface area contributed by atoms with Crippen molar-refractivity contribution in [3.8, 4) is 0 Å². The first kappa shape index (κ1) is 11.6. The molecular weight excluding hydrogens is 208 g/mol. The number of amidine groups is 1. The van der Waals surface area contributed by atoms with E-state index in [1.54, 1.807) is 0 Å². The van der Waals surface area contributed by atoms with Crippen LogP contribution in [-0.2, 0) is 0 Å². The Morgan fingerprint density at radius 1 is 1.24 bits per heavy atom. The summed E-state index contributed by atoms with van der Waals surface area (Å²) in [7, 11) is 1.85. The minimum atomic E-state index is 0.402. The second-order valence-corrected chi connectivity index (χ2v) is 4.02. The second kappa shape index (κ2) is 5.48. The molecule has 0 fully saturated rings. The maximum absolute atomic E-state index is 4.44. The Hall–Kier alpha value is -1.83. The second-order valence-electron chi connectivity index (χ2n) is 4.02. The van der Waals surface area contributed by atoms with Crippen LogP contribution >= 0.6 is 0 Å². The average molecular weight is 226 g/mol. The molecule has 1 aromatic carbocycles. The van der Waals surface area contributed by atoms with Gasteiger partial charge >= 0.3 is 0 Å². The molecule has 0 amide bonds. The van der Waals surface area contributed by atoms with Gasteiger partial charge in [-0.15, -0.1) is 0 Å². The highest BCUT2D eigenvalue weighted by molar-refractivity contribution is 5.99. The molecule has 1 unspecified atom stereocenters. The smallest absolute Gasteiger partial charge is 0.135 e. The Kier molecular flexibility index (Phi) is 3.76. The number of aliphatic imine (C=N–C) groups is 1. The number of nitrogens with zero attached hydrogens (tertiary/aromatic N) is 2. The lowest BCUT2D eigenvalue weighted by Crippen LogP contribution is -2.36. The summed E-state index contributed by atoms with van der Waals surface area (Å²) in [5.74, 6) is 1.03. The van der Waals surface area contributed by atoms with Crippen molar-refractivity contribution in [3.63, 3.8) is 0 Å². The van der Waals surface area contributed by atoms with Crippen molar-refractivity contribution in [2.24, 2.45) is 4.99 Å². The quantitative estimate of drug-likeness (QED) is 0.558. The first-order valence-corrected chi connectivity index (χ1v) is 6.02. The van der Waals surface area contributed by atoms with Crippen molar-refractivity contribution in [2.45, 2.75) is 19.4 Å². The fraction of sp³-hybridized carbons (Fsp3) is 0.267. The van der Waals surface area contributed by atoms with Crippen molar-refractivity contribution < 1.29 is 0 Å². The number of allylic oxidation sites excluding steroid dienone is 2. The van der Waals surface area contributed by atoms with Crippen LogP contribution in [-0.4, -0.2) is 23.8 Å². The van der Waals surface area contributed by atoms with Gasteiger partial charge in [0.1, 0.15) is 5.84 Å². The zero-order chi connectivity index (χ0) is 12.1. The van der Waals surface area contributed by atoms with Gasteiger partial charge in [-0.05, 0) is 12.5 Å². The van der Waals surface area contributed by atoms with Crippen molar-refractivity contribution >= 4 is 5.84 Å². The predicted octanol–water partition coefficient (Wildman–Crippen LogP) is 3.23. The van der Waals surface area contributed by atoms with Gasteiger partial charge in [-0.3, -0.25) is 4.99 Å². The fourth-order valence-corrected chi connectivity index (χ4v) is 2.08. The van der Waals surface area contributed by atoms with Crippen LogP contribution in [0, 0.1) is 0 Å². The van der Waals surface area contributed by atoms with E-state index in [9.17, 15) is 0 Å². The number of benzene rings is 1. The van der Waals surface area contributed by atoms with Gasteiger partial charge in [0.25, 0.3) is 0 Å². The predicted molar refractivity (Wildman–Crippen MR) is 73.1 cm³/mol. The van der Waals surface area contributed by atoms with Crippen molar-refractivity contribution in [3.05, 3.63) is 60.3 Å². The van der Waals surface area contributed by atoms with Crippen LogP contribution in [0.2, 0.25) is 0 Å². The monoisotopic (exact) mass is 226 g/mol. The summed E-state index contributed by atoms with van der Waals surface area (Å²) in [6, 6.07) is 10.7. The molecule has 0 radical (unpaired) electrons. The van der Waals surface area contributed by atoms with Crippen LogP contribution in [0.25, 0.3) is 0 Å². The van der Waals surface area contributed by atoms with Crippen molar-refractivity contribution in [2.75, 3.05) is 7.05 Å². The summed E-state index contributed by atoms with van der Waals surface area (Å²) in [5, 5.41) is 0. The minimum Gasteiger partial charge on any atom is -0.326 e. The van der Waals surface area contributed by atoms with Crippen LogP contribution in [0.5, 0.6) is 0 Å². The van der Waals surface area contributed by atoms with Gasteiger partial charge in [0, 0.05) is 18.8 Å². The summed E-state index contributed by atoms with van der Waals surface area (Å²) >= 11 is 0. The van der Waals surface area contributed by atoms with E-state index >= 15 is 0 Å². The molecule has 1 aliphatic heterocycles. The molecule has 17 heavy (non-hydrogen) atoms. The molecule has 1 heterocycles. The zero-order valence-corrected chi connectivity index (χ0v) is 10.4. The maximum atomic E-state index is 4.44. The van der Waals surface area contributed by atoms with E-state index in [0.29, 0.717) is 6.04 Å². The maximum Gasteiger partial charge on any atom is 0.135 e. The van der Waals surface area contributed by atoms with Crippen LogP contribution in [0.4, 0.5) is 0 Å². The topological polar surface area (TPSA) is 15.6 Å². The average Bonchev–Trinajstić information content (AvgIpc) is 2.41. The minimum absolute atomic E-state index is 0.402. The molecule has 0 bridgehead atoms. The van der Waals surface area contributed by atoms with Gasteiger partial charge < -0.3 is 4.90 Å². The molecule has 0 spiro atoms. The molecule has 0 saturated heterocycles. The molecule has 88 valence electrons.